The van der Waals surface area contributed by atoms with Gasteiger partial charge in [0.25, 0.3) is 0 Å². The summed E-state index contributed by atoms with van der Waals surface area (Å²) in [6.45, 7) is 0. The number of rotatable bonds is 2. The first kappa shape index (κ1) is 9.83. The van der Waals surface area contributed by atoms with E-state index in [2.05, 4.69) is 5.32 Å². The Labute approximate surface area is 88.2 Å². The van der Waals surface area contributed by atoms with Crippen molar-refractivity contribution in [3.63, 3.8) is 0 Å². The summed E-state index contributed by atoms with van der Waals surface area (Å²) in [6, 6.07) is 5.47. The normalized spacial score (nSPS) is 17.9. The van der Waals surface area contributed by atoms with E-state index >= 15 is 0 Å². The summed E-state index contributed by atoms with van der Waals surface area (Å²) in [7, 11) is 3.01. The van der Waals surface area contributed by atoms with Crippen LogP contribution in [0.5, 0.6) is 5.75 Å². The predicted octanol–water partition coefficient (Wildman–Crippen LogP) is 1.20. The molecular weight excluding hydrogens is 194 g/mol. The van der Waals surface area contributed by atoms with Crippen molar-refractivity contribution in [3.05, 3.63) is 23.8 Å². The molecule has 0 saturated heterocycles. The fourth-order valence-corrected chi connectivity index (χ4v) is 1.81. The monoisotopic (exact) mass is 207 g/mol. The molecule has 0 aromatic heterocycles. The van der Waals surface area contributed by atoms with Crippen molar-refractivity contribution in [1.82, 2.24) is 0 Å². The van der Waals surface area contributed by atoms with Gasteiger partial charge in [-0.2, -0.15) is 0 Å². The van der Waals surface area contributed by atoms with Crippen LogP contribution in [0.25, 0.3) is 0 Å². The Balaban J connectivity index is 2.26. The Morgan fingerprint density at radius 3 is 2.93 bits per heavy atom. The Morgan fingerprint density at radius 1 is 1.47 bits per heavy atom. The highest BCUT2D eigenvalue weighted by Gasteiger charge is 2.29. The molecule has 1 aliphatic rings. The molecule has 1 aliphatic heterocycles. The van der Waals surface area contributed by atoms with Crippen LogP contribution >= 0.6 is 0 Å². The van der Waals surface area contributed by atoms with Gasteiger partial charge >= 0.3 is 5.97 Å². The number of nitrogens with one attached hydrogen (secondary N) is 1. The maximum Gasteiger partial charge on any atom is 0.328 e. The maximum atomic E-state index is 11.4. The first-order valence-electron chi connectivity index (χ1n) is 4.76. The zero-order valence-corrected chi connectivity index (χ0v) is 8.74. The lowest BCUT2D eigenvalue weighted by molar-refractivity contribution is -0.141. The van der Waals surface area contributed by atoms with Crippen molar-refractivity contribution in [2.75, 3.05) is 19.5 Å². The fourth-order valence-electron chi connectivity index (χ4n) is 1.81. The van der Waals surface area contributed by atoms with E-state index in [1.807, 2.05) is 18.2 Å². The number of hydrogen-bond donors (Lipinski definition) is 1. The molecule has 1 N–H and O–H groups in total. The third-order valence-electron chi connectivity index (χ3n) is 2.56. The standard InChI is InChI=1S/C11H13NO3/c1-14-9-5-3-4-7-6-8(11(13)15-2)12-10(7)9/h3-5,8,12H,6H2,1-2H3. The number of ether oxygens (including phenoxy) is 2. The maximum absolute atomic E-state index is 11.4. The summed E-state index contributed by atoms with van der Waals surface area (Å²) in [6.07, 6.45) is 0.652. The number of fused-ring (bicyclic) bond motifs is 1. The Kier molecular flexibility index (Phi) is 2.49. The van der Waals surface area contributed by atoms with Gasteiger partial charge in [-0.25, -0.2) is 4.79 Å². The van der Waals surface area contributed by atoms with E-state index in [1.54, 1.807) is 7.11 Å². The van der Waals surface area contributed by atoms with Gasteiger partial charge < -0.3 is 14.8 Å². The van der Waals surface area contributed by atoms with Gasteiger partial charge in [-0.1, -0.05) is 12.1 Å². The van der Waals surface area contributed by atoms with E-state index in [0.717, 1.165) is 17.0 Å². The summed E-state index contributed by atoms with van der Waals surface area (Å²) >= 11 is 0. The molecule has 0 radical (unpaired) electrons. The van der Waals surface area contributed by atoms with E-state index < -0.39 is 0 Å². The van der Waals surface area contributed by atoms with Crippen LogP contribution in [0, 0.1) is 0 Å². The first-order chi connectivity index (χ1) is 7.26. The number of hydrogen-bond acceptors (Lipinski definition) is 4. The van der Waals surface area contributed by atoms with Gasteiger partial charge in [0.15, 0.2) is 0 Å². The molecule has 2 rings (SSSR count). The van der Waals surface area contributed by atoms with Crippen LogP contribution < -0.4 is 10.1 Å². The highest BCUT2D eigenvalue weighted by molar-refractivity contribution is 5.84. The lowest BCUT2D eigenvalue weighted by Crippen LogP contribution is -2.28. The van der Waals surface area contributed by atoms with Crippen molar-refractivity contribution < 1.29 is 14.3 Å². The minimum absolute atomic E-state index is 0.242. The van der Waals surface area contributed by atoms with Crippen LogP contribution in [-0.4, -0.2) is 26.2 Å². The molecule has 1 aromatic rings. The summed E-state index contributed by atoms with van der Waals surface area (Å²) in [5.41, 5.74) is 1.99. The van der Waals surface area contributed by atoms with Crippen LogP contribution in [-0.2, 0) is 16.0 Å². The van der Waals surface area contributed by atoms with Gasteiger partial charge in [-0.05, 0) is 11.6 Å². The van der Waals surface area contributed by atoms with E-state index in [-0.39, 0.29) is 12.0 Å². The number of carbonyl (C=O) groups excluding carboxylic acids is 1. The van der Waals surface area contributed by atoms with Crippen LogP contribution in [0.3, 0.4) is 0 Å². The van der Waals surface area contributed by atoms with Crippen LogP contribution in [0.1, 0.15) is 5.56 Å². The zero-order chi connectivity index (χ0) is 10.8. The number of para-hydroxylation sites is 1. The molecule has 1 heterocycles. The average molecular weight is 207 g/mol. The highest BCUT2D eigenvalue weighted by Crippen LogP contribution is 2.34. The van der Waals surface area contributed by atoms with Crippen molar-refractivity contribution in [3.8, 4) is 5.75 Å². The van der Waals surface area contributed by atoms with Crippen molar-refractivity contribution in [1.29, 1.82) is 0 Å². The highest BCUT2D eigenvalue weighted by atomic mass is 16.5. The van der Waals surface area contributed by atoms with E-state index in [1.165, 1.54) is 7.11 Å². The number of esters is 1. The van der Waals surface area contributed by atoms with Gasteiger partial charge in [-0.15, -0.1) is 0 Å². The Morgan fingerprint density at radius 2 is 2.27 bits per heavy atom. The minimum atomic E-state index is -0.290. The number of benzene rings is 1. The summed E-state index contributed by atoms with van der Waals surface area (Å²) in [5.74, 6) is 0.521. The quantitative estimate of drug-likeness (QED) is 0.740. The molecule has 0 fully saturated rings. The molecule has 4 nitrogen and oxygen atoms in total. The van der Waals surface area contributed by atoms with E-state index in [0.29, 0.717) is 6.42 Å². The molecule has 1 atom stereocenters. The average Bonchev–Trinajstić information content (AvgIpc) is 2.71. The summed E-state index contributed by atoms with van der Waals surface area (Å²) in [5, 5.41) is 3.11. The van der Waals surface area contributed by atoms with E-state index in [4.69, 9.17) is 9.47 Å². The SMILES string of the molecule is COC(=O)C1Cc2cccc(OC)c2N1. The molecule has 1 aromatic carbocycles. The molecular formula is C11H13NO3. The van der Waals surface area contributed by atoms with Crippen LogP contribution in [0.4, 0.5) is 5.69 Å². The molecule has 0 amide bonds. The van der Waals surface area contributed by atoms with Gasteiger partial charge in [0, 0.05) is 6.42 Å². The predicted molar refractivity (Wildman–Crippen MR) is 56.1 cm³/mol. The zero-order valence-electron chi connectivity index (χ0n) is 8.74. The lowest BCUT2D eigenvalue weighted by atomic mass is 10.1. The van der Waals surface area contributed by atoms with Crippen molar-refractivity contribution in [2.45, 2.75) is 12.5 Å². The summed E-state index contributed by atoms with van der Waals surface area (Å²) in [4.78, 5) is 11.4. The van der Waals surface area contributed by atoms with Gasteiger partial charge in [0.1, 0.15) is 11.8 Å². The second-order valence-corrected chi connectivity index (χ2v) is 3.42. The van der Waals surface area contributed by atoms with E-state index in [9.17, 15) is 4.79 Å². The fraction of sp³-hybridized carbons (Fsp3) is 0.364. The third kappa shape index (κ3) is 1.63. The van der Waals surface area contributed by atoms with Crippen molar-refractivity contribution in [2.24, 2.45) is 0 Å². The molecule has 0 aliphatic carbocycles. The number of carbonyl (C=O) groups is 1. The largest absolute Gasteiger partial charge is 0.495 e. The molecule has 0 saturated carbocycles. The second kappa shape index (κ2) is 3.81. The molecule has 0 spiro atoms. The Hall–Kier alpha value is -1.71. The van der Waals surface area contributed by atoms with Crippen molar-refractivity contribution >= 4 is 11.7 Å². The lowest BCUT2D eigenvalue weighted by Gasteiger charge is -2.09. The Bertz CT molecular complexity index is 389. The molecule has 15 heavy (non-hydrogen) atoms. The molecule has 1 unspecified atom stereocenters. The number of methoxy groups -OCH3 is 2. The van der Waals surface area contributed by atoms with Crippen LogP contribution in [0.2, 0.25) is 0 Å². The van der Waals surface area contributed by atoms with Gasteiger partial charge in [0.2, 0.25) is 0 Å². The minimum Gasteiger partial charge on any atom is -0.495 e. The molecule has 4 heteroatoms. The van der Waals surface area contributed by atoms with Crippen LogP contribution in [0.15, 0.2) is 18.2 Å². The molecule has 0 bridgehead atoms. The smallest absolute Gasteiger partial charge is 0.328 e. The third-order valence-corrected chi connectivity index (χ3v) is 2.56. The van der Waals surface area contributed by atoms with Gasteiger partial charge in [-0.3, -0.25) is 0 Å². The molecule has 80 valence electrons. The topological polar surface area (TPSA) is 47.6 Å². The number of anilines is 1. The van der Waals surface area contributed by atoms with Gasteiger partial charge in [0.05, 0.1) is 19.9 Å². The summed E-state index contributed by atoms with van der Waals surface area (Å²) < 4.78 is 9.90. The first-order valence-corrected chi connectivity index (χ1v) is 4.76. The second-order valence-electron chi connectivity index (χ2n) is 3.42.